The number of nitrogens with two attached hydrogens (primary N) is 1. The summed E-state index contributed by atoms with van der Waals surface area (Å²) in [6.07, 6.45) is 2.10. The van der Waals surface area contributed by atoms with E-state index in [-0.39, 0.29) is 43.7 Å². The summed E-state index contributed by atoms with van der Waals surface area (Å²) in [7, 11) is 0. The highest BCUT2D eigenvalue weighted by atomic mass is 32.1. The SMILES string of the molecule is C=CC(O)N1CCN2C(=O)c3cc(F)c(-c4ccc(F)c5sc(N)c(C#N)c45)c4cnn(c34)C[C@H]2C1. The first-order valence-electron chi connectivity index (χ1n) is 11.3. The smallest absolute Gasteiger partial charge is 0.256 e. The van der Waals surface area contributed by atoms with Crippen LogP contribution < -0.4 is 5.73 Å². The quantitative estimate of drug-likeness (QED) is 0.413. The predicted octanol–water partition coefficient (Wildman–Crippen LogP) is 3.29. The monoisotopic (exact) mass is 506 g/mol. The van der Waals surface area contributed by atoms with Crippen LogP contribution in [0.15, 0.2) is 37.1 Å². The van der Waals surface area contributed by atoms with E-state index in [1.54, 1.807) is 9.58 Å². The number of nitrogen functional groups attached to an aromatic ring is 1. The van der Waals surface area contributed by atoms with Crippen molar-refractivity contribution in [1.82, 2.24) is 19.6 Å². The van der Waals surface area contributed by atoms with Gasteiger partial charge in [0.1, 0.15) is 28.9 Å². The van der Waals surface area contributed by atoms with E-state index in [9.17, 15) is 19.6 Å². The van der Waals surface area contributed by atoms with Crippen LogP contribution in [0.3, 0.4) is 0 Å². The molecule has 0 spiro atoms. The zero-order chi connectivity index (χ0) is 25.3. The summed E-state index contributed by atoms with van der Waals surface area (Å²) in [6, 6.07) is 5.57. The zero-order valence-electron chi connectivity index (χ0n) is 18.9. The normalized spacial score (nSPS) is 18.8. The minimum atomic E-state index is -0.831. The number of anilines is 1. The zero-order valence-corrected chi connectivity index (χ0v) is 19.7. The molecular formula is C25H20F2N6O2S. The molecule has 0 aliphatic carbocycles. The van der Waals surface area contributed by atoms with Crippen molar-refractivity contribution in [3.05, 3.63) is 59.8 Å². The second-order valence-corrected chi connectivity index (χ2v) is 9.97. The number of aliphatic hydroxyl groups excluding tert-OH is 1. The van der Waals surface area contributed by atoms with E-state index in [0.717, 1.165) is 11.3 Å². The highest BCUT2D eigenvalue weighted by Crippen LogP contribution is 2.44. The third-order valence-electron chi connectivity index (χ3n) is 7.05. The molecule has 1 fully saturated rings. The first-order valence-corrected chi connectivity index (χ1v) is 12.1. The van der Waals surface area contributed by atoms with Gasteiger partial charge in [-0.25, -0.2) is 8.78 Å². The van der Waals surface area contributed by atoms with Crippen LogP contribution in [-0.2, 0) is 6.54 Å². The molecule has 2 aromatic heterocycles. The van der Waals surface area contributed by atoms with E-state index < -0.39 is 17.9 Å². The van der Waals surface area contributed by atoms with Crippen molar-refractivity contribution in [2.75, 3.05) is 25.4 Å². The van der Waals surface area contributed by atoms with E-state index >= 15 is 4.39 Å². The maximum absolute atomic E-state index is 15.8. The number of carbonyl (C=O) groups is 1. The van der Waals surface area contributed by atoms with E-state index in [4.69, 9.17) is 5.73 Å². The molecule has 0 saturated carbocycles. The van der Waals surface area contributed by atoms with E-state index in [0.29, 0.717) is 42.6 Å². The number of halogens is 2. The lowest BCUT2D eigenvalue weighted by Gasteiger charge is -2.41. The van der Waals surface area contributed by atoms with Gasteiger partial charge >= 0.3 is 0 Å². The van der Waals surface area contributed by atoms with Gasteiger partial charge in [0, 0.05) is 36.0 Å². The molecule has 36 heavy (non-hydrogen) atoms. The maximum Gasteiger partial charge on any atom is 0.256 e. The number of thiophene rings is 1. The van der Waals surface area contributed by atoms with Gasteiger partial charge in [-0.05, 0) is 23.8 Å². The lowest BCUT2D eigenvalue weighted by molar-refractivity contribution is -0.0167. The molecule has 2 aliphatic heterocycles. The standard InChI is InChI=1S/C25H20F2N6O2S/c1-2-19(34)31-5-6-32-12(10-31)11-33-22-14(25(32)35)7-18(27)20(16(22)9-30-33)13-3-4-17(26)23-21(13)15(8-28)24(29)36-23/h2-4,7,9,12,19,34H,1,5-6,10-11,29H2/t12-,19?/m1/s1. The maximum atomic E-state index is 15.8. The fraction of sp³-hybridized carbons (Fsp3) is 0.240. The van der Waals surface area contributed by atoms with Crippen molar-refractivity contribution in [3.63, 3.8) is 0 Å². The second kappa shape index (κ2) is 8.09. The van der Waals surface area contributed by atoms with E-state index in [2.05, 4.69) is 11.7 Å². The van der Waals surface area contributed by atoms with E-state index in [1.807, 2.05) is 11.0 Å². The second-order valence-electron chi connectivity index (χ2n) is 8.92. The Bertz CT molecular complexity index is 1640. The van der Waals surface area contributed by atoms with Gasteiger partial charge in [0.25, 0.3) is 5.91 Å². The van der Waals surface area contributed by atoms with Crippen molar-refractivity contribution in [2.24, 2.45) is 0 Å². The Kier molecular flexibility index (Phi) is 5.08. The Morgan fingerprint density at radius 1 is 1.28 bits per heavy atom. The number of aliphatic hydroxyl groups is 1. The van der Waals surface area contributed by atoms with Gasteiger partial charge < -0.3 is 15.7 Å². The number of rotatable bonds is 3. The number of piperazine rings is 1. The average Bonchev–Trinajstić information content (AvgIpc) is 3.41. The third-order valence-corrected chi connectivity index (χ3v) is 8.07. The summed E-state index contributed by atoms with van der Waals surface area (Å²) in [5, 5.41) is 25.2. The lowest BCUT2D eigenvalue weighted by atomic mass is 9.94. The van der Waals surface area contributed by atoms with Crippen molar-refractivity contribution < 1.29 is 18.7 Å². The molecule has 182 valence electrons. The number of hydrogen-bond acceptors (Lipinski definition) is 7. The molecule has 4 heterocycles. The lowest BCUT2D eigenvalue weighted by Crippen LogP contribution is -2.57. The number of benzene rings is 2. The minimum absolute atomic E-state index is 0.0897. The molecule has 0 bridgehead atoms. The summed E-state index contributed by atoms with van der Waals surface area (Å²) in [5.41, 5.74) is 7.18. The largest absolute Gasteiger partial charge is 0.389 e. The van der Waals surface area contributed by atoms with Gasteiger partial charge in [-0.3, -0.25) is 14.4 Å². The van der Waals surface area contributed by atoms with Gasteiger partial charge in [0.05, 0.1) is 40.1 Å². The van der Waals surface area contributed by atoms with Crippen LogP contribution >= 0.6 is 11.3 Å². The number of carbonyl (C=O) groups excluding carboxylic acids is 1. The first kappa shape index (κ1) is 22.6. The van der Waals surface area contributed by atoms with Gasteiger partial charge in [-0.1, -0.05) is 12.6 Å². The van der Waals surface area contributed by atoms with Crippen molar-refractivity contribution in [3.8, 4) is 17.2 Å². The Hall–Kier alpha value is -3.85. The molecule has 2 aliphatic rings. The molecule has 2 atom stereocenters. The Morgan fingerprint density at radius 2 is 2.08 bits per heavy atom. The number of aromatic nitrogens is 2. The molecular weight excluding hydrogens is 486 g/mol. The Morgan fingerprint density at radius 3 is 2.83 bits per heavy atom. The van der Waals surface area contributed by atoms with Crippen molar-refractivity contribution >= 4 is 43.2 Å². The number of nitrogens with zero attached hydrogens (tertiary/aromatic N) is 5. The van der Waals surface area contributed by atoms with Crippen LogP contribution in [0.4, 0.5) is 13.8 Å². The number of hydrogen-bond donors (Lipinski definition) is 2. The summed E-state index contributed by atoms with van der Waals surface area (Å²) < 4.78 is 32.3. The Labute approximate surface area is 208 Å². The van der Waals surface area contributed by atoms with Gasteiger partial charge in [0.15, 0.2) is 0 Å². The fourth-order valence-corrected chi connectivity index (χ4v) is 6.33. The summed E-state index contributed by atoms with van der Waals surface area (Å²) in [6.45, 7) is 5.20. The predicted molar refractivity (Wildman–Crippen MR) is 132 cm³/mol. The van der Waals surface area contributed by atoms with Crippen molar-refractivity contribution in [1.29, 1.82) is 5.26 Å². The van der Waals surface area contributed by atoms with Gasteiger partial charge in [-0.2, -0.15) is 10.4 Å². The van der Waals surface area contributed by atoms with Crippen LogP contribution in [-0.4, -0.2) is 62.5 Å². The van der Waals surface area contributed by atoms with Gasteiger partial charge in [0.2, 0.25) is 0 Å². The first-order chi connectivity index (χ1) is 17.3. The minimum Gasteiger partial charge on any atom is -0.389 e. The van der Waals surface area contributed by atoms with E-state index in [1.165, 1.54) is 30.5 Å². The Balaban J connectivity index is 1.57. The number of amides is 1. The molecule has 8 nitrogen and oxygen atoms in total. The van der Waals surface area contributed by atoms with Crippen LogP contribution in [0.1, 0.15) is 15.9 Å². The van der Waals surface area contributed by atoms with Gasteiger partial charge in [-0.15, -0.1) is 11.3 Å². The fourth-order valence-electron chi connectivity index (χ4n) is 5.38. The molecule has 3 N–H and O–H groups in total. The molecule has 2 aromatic carbocycles. The highest BCUT2D eigenvalue weighted by molar-refractivity contribution is 7.23. The topological polar surface area (TPSA) is 111 Å². The molecule has 11 heteroatoms. The third kappa shape index (κ3) is 3.08. The highest BCUT2D eigenvalue weighted by Gasteiger charge is 2.38. The van der Waals surface area contributed by atoms with Crippen LogP contribution in [0.5, 0.6) is 0 Å². The van der Waals surface area contributed by atoms with Crippen molar-refractivity contribution in [2.45, 2.75) is 18.8 Å². The molecule has 6 rings (SSSR count). The number of fused-ring (bicyclic) bond motifs is 2. The molecule has 1 unspecified atom stereocenters. The summed E-state index contributed by atoms with van der Waals surface area (Å²) in [5.74, 6) is -1.54. The molecule has 4 aromatic rings. The molecule has 0 radical (unpaired) electrons. The molecule has 1 saturated heterocycles. The summed E-state index contributed by atoms with van der Waals surface area (Å²) >= 11 is 0.940. The number of nitriles is 1. The average molecular weight is 507 g/mol. The molecule has 1 amide bonds. The van der Waals surface area contributed by atoms with Crippen LogP contribution in [0, 0.1) is 23.0 Å². The van der Waals surface area contributed by atoms with Crippen LogP contribution in [0.2, 0.25) is 0 Å². The van der Waals surface area contributed by atoms with Crippen LogP contribution in [0.25, 0.3) is 32.1 Å². The summed E-state index contributed by atoms with van der Waals surface area (Å²) in [4.78, 5) is 17.1.